The Morgan fingerprint density at radius 2 is 2.17 bits per heavy atom. The third-order valence-corrected chi connectivity index (χ3v) is 2.63. The van der Waals surface area contributed by atoms with Gasteiger partial charge in [-0.3, -0.25) is 0 Å². The van der Waals surface area contributed by atoms with Crippen molar-refractivity contribution in [1.82, 2.24) is 9.97 Å². The molecule has 0 atom stereocenters. The summed E-state index contributed by atoms with van der Waals surface area (Å²) in [6.45, 7) is 8.56. The number of nitrogens with zero attached hydrogens (tertiary/aromatic N) is 1. The number of aromatic amines is 1. The van der Waals surface area contributed by atoms with Crippen molar-refractivity contribution in [1.29, 1.82) is 0 Å². The van der Waals surface area contributed by atoms with E-state index in [4.69, 9.17) is 0 Å². The number of fused-ring (bicyclic) bond motifs is 1. The molecule has 1 aromatic carbocycles. The van der Waals surface area contributed by atoms with Crippen LogP contribution in [0, 0.1) is 5.82 Å². The molecule has 1 aromatic heterocycles. The van der Waals surface area contributed by atoms with E-state index in [-0.39, 0.29) is 16.7 Å². The highest BCUT2D eigenvalue weighted by molar-refractivity contribution is 5.93. The molecule has 2 rings (SSSR count). The summed E-state index contributed by atoms with van der Waals surface area (Å²) >= 11 is 0. The van der Waals surface area contributed by atoms with E-state index in [1.54, 1.807) is 6.07 Å². The molecule has 0 radical (unpaired) electrons. The number of imidazole rings is 1. The second-order valence-corrected chi connectivity index (χ2v) is 3.93. The zero-order valence-corrected chi connectivity index (χ0v) is 9.93. The van der Waals surface area contributed by atoms with Gasteiger partial charge in [0.15, 0.2) is 0 Å². The van der Waals surface area contributed by atoms with Gasteiger partial charge in [-0.25, -0.2) is 13.8 Å². The van der Waals surface area contributed by atoms with Crippen molar-refractivity contribution in [3.63, 3.8) is 0 Å². The van der Waals surface area contributed by atoms with Crippen molar-refractivity contribution in [2.24, 2.45) is 0 Å². The summed E-state index contributed by atoms with van der Waals surface area (Å²) in [7, 11) is 0. The Bertz CT molecular complexity index is 665. The summed E-state index contributed by atoms with van der Waals surface area (Å²) in [4.78, 5) is 6.87. The van der Waals surface area contributed by atoms with Gasteiger partial charge in [0.1, 0.15) is 11.6 Å². The molecular formula is C14H12F2N2. The minimum atomic E-state index is -0.584. The molecule has 2 aromatic rings. The first-order chi connectivity index (χ1) is 8.56. The lowest BCUT2D eigenvalue weighted by Gasteiger charge is -2.07. The van der Waals surface area contributed by atoms with Gasteiger partial charge < -0.3 is 4.98 Å². The Kier molecular flexibility index (Phi) is 3.10. The molecule has 0 aliphatic heterocycles. The van der Waals surface area contributed by atoms with Crippen LogP contribution >= 0.6 is 0 Å². The van der Waals surface area contributed by atoms with Crippen LogP contribution in [0.3, 0.4) is 0 Å². The second-order valence-electron chi connectivity index (χ2n) is 3.93. The number of nitrogens with one attached hydrogen (secondary N) is 1. The number of allylic oxidation sites excluding steroid dienone is 4. The summed E-state index contributed by atoms with van der Waals surface area (Å²) in [5.41, 5.74) is 1.40. The van der Waals surface area contributed by atoms with Crippen LogP contribution in [0.15, 0.2) is 49.1 Å². The van der Waals surface area contributed by atoms with Crippen LogP contribution in [0.5, 0.6) is 0 Å². The molecule has 0 fully saturated rings. The van der Waals surface area contributed by atoms with Crippen molar-refractivity contribution in [2.45, 2.75) is 6.92 Å². The van der Waals surface area contributed by atoms with Crippen LogP contribution in [-0.4, -0.2) is 9.97 Å². The maximum Gasteiger partial charge on any atom is 0.133 e. The molecule has 0 unspecified atom stereocenters. The molecular weight excluding hydrogens is 234 g/mol. The molecule has 0 spiro atoms. The summed E-state index contributed by atoms with van der Waals surface area (Å²) in [5, 5.41) is 0. The third-order valence-electron chi connectivity index (χ3n) is 2.63. The Morgan fingerprint density at radius 3 is 2.78 bits per heavy atom. The molecule has 0 saturated carbocycles. The van der Waals surface area contributed by atoms with Crippen molar-refractivity contribution >= 4 is 16.6 Å². The van der Waals surface area contributed by atoms with Crippen LogP contribution in [0.25, 0.3) is 16.6 Å². The predicted octanol–water partition coefficient (Wildman–Crippen LogP) is 4.14. The van der Waals surface area contributed by atoms with E-state index < -0.39 is 11.6 Å². The Labute approximate surface area is 103 Å². The highest BCUT2D eigenvalue weighted by Gasteiger charge is 2.16. The minimum Gasteiger partial charge on any atom is -0.345 e. The molecule has 92 valence electrons. The molecule has 2 nitrogen and oxygen atoms in total. The zero-order valence-electron chi connectivity index (χ0n) is 9.93. The highest BCUT2D eigenvalue weighted by atomic mass is 19.1. The molecule has 1 heterocycles. The van der Waals surface area contributed by atoms with E-state index in [0.29, 0.717) is 11.0 Å². The van der Waals surface area contributed by atoms with Gasteiger partial charge in [0.2, 0.25) is 0 Å². The fourth-order valence-corrected chi connectivity index (χ4v) is 1.77. The summed E-state index contributed by atoms with van der Waals surface area (Å²) in [5.74, 6) is -1.12. The Hall–Kier alpha value is -2.23. The van der Waals surface area contributed by atoms with E-state index in [2.05, 4.69) is 23.1 Å². The van der Waals surface area contributed by atoms with Crippen LogP contribution in [0.2, 0.25) is 0 Å². The smallest absolute Gasteiger partial charge is 0.133 e. The van der Waals surface area contributed by atoms with Gasteiger partial charge in [0, 0.05) is 11.1 Å². The topological polar surface area (TPSA) is 28.7 Å². The number of hydrogen-bond acceptors (Lipinski definition) is 1. The SMILES string of the molecule is C=C/C(=C(/F)C(=C)C)c1c(F)ccc2[nH]cnc12. The van der Waals surface area contributed by atoms with Gasteiger partial charge in [-0.05, 0) is 24.6 Å². The van der Waals surface area contributed by atoms with Gasteiger partial charge in [-0.1, -0.05) is 19.2 Å². The fraction of sp³-hybridized carbons (Fsp3) is 0.0714. The zero-order chi connectivity index (χ0) is 13.3. The molecule has 0 aliphatic carbocycles. The van der Waals surface area contributed by atoms with Crippen LogP contribution in [-0.2, 0) is 0 Å². The molecule has 0 aliphatic rings. The average Bonchev–Trinajstić information content (AvgIpc) is 2.80. The number of rotatable bonds is 3. The lowest BCUT2D eigenvalue weighted by atomic mass is 10.0. The first kappa shape index (κ1) is 12.2. The van der Waals surface area contributed by atoms with Crippen LogP contribution < -0.4 is 0 Å². The maximum atomic E-state index is 14.0. The molecule has 18 heavy (non-hydrogen) atoms. The summed E-state index contributed by atoms with van der Waals surface area (Å²) in [6.07, 6.45) is 2.71. The van der Waals surface area contributed by atoms with Crippen molar-refractivity contribution in [3.05, 3.63) is 60.5 Å². The van der Waals surface area contributed by atoms with E-state index in [1.165, 1.54) is 25.4 Å². The van der Waals surface area contributed by atoms with E-state index in [0.717, 1.165) is 0 Å². The molecule has 0 amide bonds. The fourth-order valence-electron chi connectivity index (χ4n) is 1.77. The van der Waals surface area contributed by atoms with Crippen molar-refractivity contribution < 1.29 is 8.78 Å². The van der Waals surface area contributed by atoms with Gasteiger partial charge in [-0.15, -0.1) is 0 Å². The Morgan fingerprint density at radius 1 is 1.44 bits per heavy atom. The molecule has 1 N–H and O–H groups in total. The number of aromatic nitrogens is 2. The number of benzene rings is 1. The number of halogens is 2. The summed E-state index contributed by atoms with van der Waals surface area (Å²) < 4.78 is 27.9. The normalized spacial score (nSPS) is 12.4. The van der Waals surface area contributed by atoms with Crippen molar-refractivity contribution in [3.8, 4) is 0 Å². The van der Waals surface area contributed by atoms with E-state index in [9.17, 15) is 8.78 Å². The van der Waals surface area contributed by atoms with E-state index in [1.807, 2.05) is 0 Å². The van der Waals surface area contributed by atoms with Crippen LogP contribution in [0.1, 0.15) is 12.5 Å². The lowest BCUT2D eigenvalue weighted by Crippen LogP contribution is -1.93. The number of H-pyrrole nitrogens is 1. The summed E-state index contributed by atoms with van der Waals surface area (Å²) in [6, 6.07) is 2.82. The van der Waals surface area contributed by atoms with Gasteiger partial charge in [0.25, 0.3) is 0 Å². The van der Waals surface area contributed by atoms with Gasteiger partial charge >= 0.3 is 0 Å². The van der Waals surface area contributed by atoms with E-state index >= 15 is 0 Å². The standard InChI is InChI=1S/C14H12F2N2/c1-4-9(13(16)8(2)3)12-10(15)5-6-11-14(12)18-7-17-11/h4-7H,1-2H2,3H3,(H,17,18)/b13-9-. The minimum absolute atomic E-state index is 0.0673. The second kappa shape index (κ2) is 4.56. The monoisotopic (exact) mass is 246 g/mol. The average molecular weight is 246 g/mol. The first-order valence-corrected chi connectivity index (χ1v) is 5.36. The molecule has 4 heteroatoms. The lowest BCUT2D eigenvalue weighted by molar-refractivity contribution is 0.621. The molecule has 0 saturated heterocycles. The van der Waals surface area contributed by atoms with Crippen molar-refractivity contribution in [2.75, 3.05) is 0 Å². The van der Waals surface area contributed by atoms with Gasteiger partial charge in [0.05, 0.1) is 17.4 Å². The molecule has 0 bridgehead atoms. The third kappa shape index (κ3) is 1.86. The highest BCUT2D eigenvalue weighted by Crippen LogP contribution is 2.31. The maximum absolute atomic E-state index is 14.0. The van der Waals surface area contributed by atoms with Crippen LogP contribution in [0.4, 0.5) is 8.78 Å². The number of hydrogen-bond donors (Lipinski definition) is 1. The largest absolute Gasteiger partial charge is 0.345 e. The predicted molar refractivity (Wildman–Crippen MR) is 69.1 cm³/mol. The van der Waals surface area contributed by atoms with Gasteiger partial charge in [-0.2, -0.15) is 0 Å². The Balaban J connectivity index is 2.84. The quantitative estimate of drug-likeness (QED) is 0.810. The first-order valence-electron chi connectivity index (χ1n) is 5.36.